The molecule has 0 atom stereocenters. The van der Waals surface area contributed by atoms with Gasteiger partial charge in [-0.2, -0.15) is 0 Å². The van der Waals surface area contributed by atoms with Crippen LogP contribution in [-0.2, 0) is 0 Å². The first kappa shape index (κ1) is 7.84. The van der Waals surface area contributed by atoms with Crippen molar-refractivity contribution in [2.75, 3.05) is 0 Å². The third-order valence-electron chi connectivity index (χ3n) is 0.981. The second kappa shape index (κ2) is 2.77. The van der Waals surface area contributed by atoms with Gasteiger partial charge in [-0.15, -0.1) is 0 Å². The number of hydrogen-bond acceptors (Lipinski definition) is 0. The van der Waals surface area contributed by atoms with E-state index in [0.29, 0.717) is 0 Å². The Morgan fingerprint density at radius 1 is 0.900 bits per heavy atom. The Morgan fingerprint density at radius 3 is 1.70 bits per heavy atom. The van der Waals surface area contributed by atoms with Gasteiger partial charge in [0.25, 0.3) is 0 Å². The topological polar surface area (TPSA) is 0 Å². The third kappa shape index (κ3) is 1.86. The maximum atomic E-state index is 12.0. The summed E-state index contributed by atoms with van der Waals surface area (Å²) in [4.78, 5) is 0. The van der Waals surface area contributed by atoms with Crippen molar-refractivity contribution >= 4 is 20.2 Å². The van der Waals surface area contributed by atoms with Crippen molar-refractivity contribution < 1.29 is 8.58 Å². The summed E-state index contributed by atoms with van der Waals surface area (Å²) >= 11 is -5.93. The zero-order valence-electron chi connectivity index (χ0n) is 4.90. The summed E-state index contributed by atoms with van der Waals surface area (Å²) < 4.78 is 35.5. The molecule has 10 heavy (non-hydrogen) atoms. The van der Waals surface area contributed by atoms with Gasteiger partial charge in [0, 0.05) is 0 Å². The fourth-order valence-electron chi connectivity index (χ4n) is 0.558. The molecule has 0 aliphatic carbocycles. The van der Waals surface area contributed by atoms with Crippen molar-refractivity contribution in [3.8, 4) is 0 Å². The molecule has 0 N–H and O–H groups in total. The molecule has 1 radical (unpaired) electrons. The molecule has 0 saturated heterocycles. The van der Waals surface area contributed by atoms with Crippen LogP contribution in [0, 0.1) is 3.57 Å². The molecule has 0 amide bonds. The van der Waals surface area contributed by atoms with E-state index in [1.54, 1.807) is 6.07 Å². The predicted molar refractivity (Wildman–Crippen MR) is 42.5 cm³/mol. The number of halogens is 4. The molecule has 0 fully saturated rings. The quantitative estimate of drug-likeness (QED) is 0.678. The fourth-order valence-corrected chi connectivity index (χ4v) is 1.79. The molecular formula is C6H5F3I. The summed E-state index contributed by atoms with van der Waals surface area (Å²) in [6, 6.07) is 6.64. The van der Waals surface area contributed by atoms with Crippen LogP contribution in [0.4, 0.5) is 8.58 Å². The van der Waals surface area contributed by atoms with Gasteiger partial charge in [-0.3, -0.25) is 0 Å². The average molecular weight is 261 g/mol. The molecule has 4 heteroatoms. The van der Waals surface area contributed by atoms with E-state index >= 15 is 0 Å². The molecule has 1 aromatic carbocycles. The van der Waals surface area contributed by atoms with Gasteiger partial charge in [-0.1, -0.05) is 0 Å². The van der Waals surface area contributed by atoms with Crippen LogP contribution in [0.15, 0.2) is 30.3 Å². The molecule has 0 saturated carbocycles. The summed E-state index contributed by atoms with van der Waals surface area (Å²) in [6.45, 7) is 0. The summed E-state index contributed by atoms with van der Waals surface area (Å²) in [5.41, 5.74) is 0. The minimum absolute atomic E-state index is 0.422. The van der Waals surface area contributed by atoms with E-state index in [0.717, 1.165) is 12.1 Å². The molecule has 0 aromatic heterocycles. The van der Waals surface area contributed by atoms with Crippen molar-refractivity contribution in [1.29, 1.82) is 0 Å². The third-order valence-corrected chi connectivity index (χ3v) is 3.11. The summed E-state index contributed by atoms with van der Waals surface area (Å²) in [6.07, 6.45) is 0. The van der Waals surface area contributed by atoms with Crippen LogP contribution < -0.4 is 0 Å². The van der Waals surface area contributed by atoms with Gasteiger partial charge < -0.3 is 0 Å². The van der Waals surface area contributed by atoms with Gasteiger partial charge in [-0.05, 0) is 0 Å². The van der Waals surface area contributed by atoms with Gasteiger partial charge in [0.2, 0.25) is 0 Å². The van der Waals surface area contributed by atoms with Gasteiger partial charge in [-0.25, -0.2) is 0 Å². The molecule has 1 aromatic rings. The van der Waals surface area contributed by atoms with Crippen molar-refractivity contribution in [3.63, 3.8) is 0 Å². The van der Waals surface area contributed by atoms with Gasteiger partial charge >= 0.3 is 62.6 Å². The van der Waals surface area contributed by atoms with Crippen LogP contribution in [0.5, 0.6) is 0 Å². The van der Waals surface area contributed by atoms with Crippen LogP contribution in [0.25, 0.3) is 0 Å². The van der Waals surface area contributed by atoms with E-state index < -0.39 is 23.7 Å². The Hall–Kier alpha value is -0.260. The zero-order chi connectivity index (χ0) is 7.61. The van der Waals surface area contributed by atoms with E-state index in [4.69, 9.17) is 0 Å². The van der Waals surface area contributed by atoms with Crippen LogP contribution in [-0.4, -0.2) is 0 Å². The minimum atomic E-state index is -5.93. The molecule has 0 heterocycles. The van der Waals surface area contributed by atoms with Crippen molar-refractivity contribution in [3.05, 3.63) is 33.9 Å². The summed E-state index contributed by atoms with van der Waals surface area (Å²) in [5.74, 6) is 0. The van der Waals surface area contributed by atoms with Crippen molar-refractivity contribution in [2.45, 2.75) is 0 Å². The number of rotatable bonds is 1. The second-order valence-electron chi connectivity index (χ2n) is 1.67. The van der Waals surface area contributed by atoms with E-state index in [9.17, 15) is 8.58 Å². The van der Waals surface area contributed by atoms with Crippen LogP contribution in [0.1, 0.15) is 0 Å². The van der Waals surface area contributed by atoms with E-state index in [1.165, 1.54) is 12.1 Å². The molecule has 0 aliphatic rings. The van der Waals surface area contributed by atoms with Gasteiger partial charge in [0.15, 0.2) is 0 Å². The van der Waals surface area contributed by atoms with Crippen LogP contribution in [0.2, 0.25) is 0 Å². The first-order valence-electron chi connectivity index (χ1n) is 2.53. The Kier molecular flexibility index (Phi) is 2.18. The number of benzene rings is 1. The zero-order valence-corrected chi connectivity index (χ0v) is 7.06. The summed E-state index contributed by atoms with van der Waals surface area (Å²) in [5, 5.41) is 0. The van der Waals surface area contributed by atoms with Crippen LogP contribution >= 0.6 is 20.2 Å². The summed E-state index contributed by atoms with van der Waals surface area (Å²) in [7, 11) is 0. The van der Waals surface area contributed by atoms with Crippen molar-refractivity contribution in [1.82, 2.24) is 0 Å². The van der Waals surface area contributed by atoms with E-state index in [-0.39, 0.29) is 0 Å². The Labute approximate surface area is 62.9 Å². The second-order valence-corrected chi connectivity index (χ2v) is 5.07. The van der Waals surface area contributed by atoms with Crippen molar-refractivity contribution in [2.24, 2.45) is 0 Å². The SMILES string of the molecule is F[I](F)(F)c1ccccc1. The molecule has 0 unspecified atom stereocenters. The molecule has 0 aliphatic heterocycles. The molecule has 57 valence electrons. The normalized spacial score (nSPS) is 13.1. The Balaban J connectivity index is 2.97. The number of hydrogen-bond donors (Lipinski definition) is 0. The van der Waals surface area contributed by atoms with E-state index in [1.807, 2.05) is 0 Å². The van der Waals surface area contributed by atoms with Gasteiger partial charge in [0.05, 0.1) is 0 Å². The maximum absolute atomic E-state index is 12.0. The van der Waals surface area contributed by atoms with Gasteiger partial charge in [0.1, 0.15) is 0 Å². The predicted octanol–water partition coefficient (Wildman–Crippen LogP) is 3.55. The standard InChI is InChI=1S/C6H5F3I/c7-10(8,9)6-4-2-1-3-5-6/h1-5H. The van der Waals surface area contributed by atoms with E-state index in [2.05, 4.69) is 0 Å². The first-order valence-corrected chi connectivity index (χ1v) is 6.05. The molecule has 0 spiro atoms. The first-order chi connectivity index (χ1) is 4.61. The van der Waals surface area contributed by atoms with Crippen LogP contribution in [0.3, 0.4) is 0 Å². The fraction of sp³-hybridized carbons (Fsp3) is 0. The Bertz CT molecular complexity index is 204. The molecule has 1 rings (SSSR count). The average Bonchev–Trinajstić information content (AvgIpc) is 1.88. The molecule has 0 nitrogen and oxygen atoms in total. The monoisotopic (exact) mass is 261 g/mol. The molecular weight excluding hydrogens is 256 g/mol. The molecule has 0 bridgehead atoms. The Morgan fingerprint density at radius 2 is 1.40 bits per heavy atom.